The number of benzene rings is 1. The van der Waals surface area contributed by atoms with Crippen LogP contribution >= 0.6 is 0 Å². The van der Waals surface area contributed by atoms with E-state index in [2.05, 4.69) is 0 Å². The maximum atomic E-state index is 11.5. The average molecular weight is 270 g/mol. The molecule has 0 bridgehead atoms. The van der Waals surface area contributed by atoms with E-state index in [9.17, 15) is 8.42 Å². The van der Waals surface area contributed by atoms with Crippen molar-refractivity contribution in [2.45, 2.75) is 12.5 Å². The molecule has 1 aliphatic rings. The number of ether oxygens (including phenoxy) is 1. The summed E-state index contributed by atoms with van der Waals surface area (Å²) < 4.78 is 28.1. The molecule has 0 aliphatic carbocycles. The molecule has 2 rings (SSSR count). The van der Waals surface area contributed by atoms with Gasteiger partial charge in [-0.25, -0.2) is 8.42 Å². The topological polar surface area (TPSA) is 72.6 Å². The van der Waals surface area contributed by atoms with E-state index in [-0.39, 0.29) is 17.5 Å². The predicted octanol–water partition coefficient (Wildman–Crippen LogP) is 0.901. The molecule has 1 aromatic rings. The van der Waals surface area contributed by atoms with Crippen molar-refractivity contribution < 1.29 is 13.2 Å². The highest BCUT2D eigenvalue weighted by atomic mass is 32.2. The summed E-state index contributed by atoms with van der Waals surface area (Å²) in [6, 6.07) is 5.44. The number of sulfone groups is 1. The van der Waals surface area contributed by atoms with Gasteiger partial charge in [0.05, 0.1) is 18.6 Å². The van der Waals surface area contributed by atoms with Crippen LogP contribution in [0, 0.1) is 0 Å². The van der Waals surface area contributed by atoms with Gasteiger partial charge in [0.25, 0.3) is 0 Å². The minimum absolute atomic E-state index is 0.0153. The van der Waals surface area contributed by atoms with Crippen LogP contribution in [0.4, 0.5) is 11.4 Å². The number of hydrogen-bond donors (Lipinski definition) is 1. The highest BCUT2D eigenvalue weighted by molar-refractivity contribution is 7.91. The maximum absolute atomic E-state index is 11.5. The highest BCUT2D eigenvalue weighted by Gasteiger charge is 2.30. The first kappa shape index (κ1) is 13.0. The van der Waals surface area contributed by atoms with E-state index in [1.54, 1.807) is 13.2 Å². The fourth-order valence-electron chi connectivity index (χ4n) is 2.22. The van der Waals surface area contributed by atoms with Gasteiger partial charge in [-0.1, -0.05) is 0 Å². The number of methoxy groups -OCH3 is 1. The Balaban J connectivity index is 2.23. The number of nitrogens with zero attached hydrogens (tertiary/aromatic N) is 1. The molecule has 0 spiro atoms. The van der Waals surface area contributed by atoms with Crippen molar-refractivity contribution in [1.82, 2.24) is 0 Å². The lowest BCUT2D eigenvalue weighted by molar-refractivity contribution is 0.415. The zero-order valence-corrected chi connectivity index (χ0v) is 11.4. The normalized spacial score (nSPS) is 21.8. The Bertz CT molecular complexity index is 542. The van der Waals surface area contributed by atoms with Crippen LogP contribution in [0.15, 0.2) is 18.2 Å². The molecule has 6 heteroatoms. The van der Waals surface area contributed by atoms with Crippen LogP contribution in [0.25, 0.3) is 0 Å². The molecule has 1 heterocycles. The Morgan fingerprint density at radius 1 is 1.39 bits per heavy atom. The van der Waals surface area contributed by atoms with Crippen LogP contribution in [-0.2, 0) is 9.84 Å². The van der Waals surface area contributed by atoms with Crippen molar-refractivity contribution in [3.8, 4) is 5.75 Å². The molecule has 0 aromatic heterocycles. The van der Waals surface area contributed by atoms with Crippen molar-refractivity contribution in [2.75, 3.05) is 36.3 Å². The van der Waals surface area contributed by atoms with Crippen molar-refractivity contribution in [1.29, 1.82) is 0 Å². The minimum atomic E-state index is -2.88. The van der Waals surface area contributed by atoms with E-state index in [0.29, 0.717) is 17.9 Å². The van der Waals surface area contributed by atoms with E-state index in [1.165, 1.54) is 0 Å². The first-order chi connectivity index (χ1) is 8.41. The third kappa shape index (κ3) is 2.69. The highest BCUT2D eigenvalue weighted by Crippen LogP contribution is 2.28. The molecule has 1 saturated heterocycles. The number of nitrogen functional groups attached to an aromatic ring is 1. The molecular weight excluding hydrogens is 252 g/mol. The standard InChI is InChI=1S/C12H18N2O3S/c1-14(10-3-4-18(15,16)8-10)11-5-9(13)6-12(7-11)17-2/h5-7,10H,3-4,8,13H2,1-2H3. The van der Waals surface area contributed by atoms with Crippen LogP contribution in [0.5, 0.6) is 5.75 Å². The van der Waals surface area contributed by atoms with Gasteiger partial charge in [0.1, 0.15) is 5.75 Å². The van der Waals surface area contributed by atoms with E-state index in [1.807, 2.05) is 24.1 Å². The molecule has 1 aromatic carbocycles. The molecule has 18 heavy (non-hydrogen) atoms. The van der Waals surface area contributed by atoms with Gasteiger partial charge >= 0.3 is 0 Å². The smallest absolute Gasteiger partial charge is 0.152 e. The largest absolute Gasteiger partial charge is 0.497 e. The van der Waals surface area contributed by atoms with E-state index >= 15 is 0 Å². The van der Waals surface area contributed by atoms with E-state index < -0.39 is 9.84 Å². The van der Waals surface area contributed by atoms with Gasteiger partial charge in [0, 0.05) is 36.6 Å². The Labute approximate surface area is 107 Å². The summed E-state index contributed by atoms with van der Waals surface area (Å²) in [4.78, 5) is 1.96. The third-order valence-corrected chi connectivity index (χ3v) is 5.06. The van der Waals surface area contributed by atoms with E-state index in [4.69, 9.17) is 10.5 Å². The summed E-state index contributed by atoms with van der Waals surface area (Å²) in [7, 11) is 0.592. The molecule has 1 aliphatic heterocycles. The SMILES string of the molecule is COc1cc(N)cc(N(C)C2CCS(=O)(=O)C2)c1. The fraction of sp³-hybridized carbons (Fsp3) is 0.500. The van der Waals surface area contributed by atoms with Gasteiger partial charge in [-0.2, -0.15) is 0 Å². The molecule has 5 nitrogen and oxygen atoms in total. The van der Waals surface area contributed by atoms with E-state index in [0.717, 1.165) is 5.69 Å². The number of hydrogen-bond acceptors (Lipinski definition) is 5. The van der Waals surface area contributed by atoms with Gasteiger partial charge in [0.2, 0.25) is 0 Å². The monoisotopic (exact) mass is 270 g/mol. The summed E-state index contributed by atoms with van der Waals surface area (Å²) in [6.07, 6.45) is 0.663. The van der Waals surface area contributed by atoms with Gasteiger partial charge < -0.3 is 15.4 Å². The first-order valence-corrected chi connectivity index (χ1v) is 7.61. The average Bonchev–Trinajstić information content (AvgIpc) is 2.67. The van der Waals surface area contributed by atoms with Crippen LogP contribution in [0.2, 0.25) is 0 Å². The van der Waals surface area contributed by atoms with Crippen molar-refractivity contribution in [3.05, 3.63) is 18.2 Å². The lowest BCUT2D eigenvalue weighted by atomic mass is 10.2. The van der Waals surface area contributed by atoms with Gasteiger partial charge in [-0.3, -0.25) is 0 Å². The first-order valence-electron chi connectivity index (χ1n) is 5.79. The molecule has 0 radical (unpaired) electrons. The summed E-state index contributed by atoms with van der Waals surface area (Å²) in [5.41, 5.74) is 7.29. The number of anilines is 2. The Morgan fingerprint density at radius 3 is 2.67 bits per heavy atom. The zero-order valence-electron chi connectivity index (χ0n) is 10.6. The van der Waals surface area contributed by atoms with Crippen LogP contribution < -0.4 is 15.4 Å². The van der Waals surface area contributed by atoms with Gasteiger partial charge in [-0.05, 0) is 12.5 Å². The molecule has 1 unspecified atom stereocenters. The van der Waals surface area contributed by atoms with Gasteiger partial charge in [0.15, 0.2) is 9.84 Å². The second-order valence-electron chi connectivity index (χ2n) is 4.63. The molecule has 0 saturated carbocycles. The molecule has 1 atom stereocenters. The summed E-state index contributed by atoms with van der Waals surface area (Å²) in [5, 5.41) is 0. The molecule has 2 N–H and O–H groups in total. The maximum Gasteiger partial charge on any atom is 0.152 e. The third-order valence-electron chi connectivity index (χ3n) is 3.31. The molecule has 0 amide bonds. The second-order valence-corrected chi connectivity index (χ2v) is 6.86. The fourth-order valence-corrected chi connectivity index (χ4v) is 3.99. The van der Waals surface area contributed by atoms with Crippen LogP contribution in [-0.4, -0.2) is 40.1 Å². The van der Waals surface area contributed by atoms with Crippen LogP contribution in [0.1, 0.15) is 6.42 Å². The molecule has 1 fully saturated rings. The lowest BCUT2D eigenvalue weighted by Crippen LogP contribution is -2.32. The van der Waals surface area contributed by atoms with Crippen LogP contribution in [0.3, 0.4) is 0 Å². The Hall–Kier alpha value is -1.43. The summed E-state index contributed by atoms with van der Waals surface area (Å²) in [5.74, 6) is 1.15. The summed E-state index contributed by atoms with van der Waals surface area (Å²) in [6.45, 7) is 0. The zero-order chi connectivity index (χ0) is 13.3. The minimum Gasteiger partial charge on any atom is -0.497 e. The van der Waals surface area contributed by atoms with Crippen molar-refractivity contribution >= 4 is 21.2 Å². The quantitative estimate of drug-likeness (QED) is 0.826. The predicted molar refractivity (Wildman–Crippen MR) is 72.9 cm³/mol. The second kappa shape index (κ2) is 4.68. The summed E-state index contributed by atoms with van der Waals surface area (Å²) >= 11 is 0. The number of nitrogens with two attached hydrogens (primary N) is 1. The van der Waals surface area contributed by atoms with Crippen molar-refractivity contribution in [3.63, 3.8) is 0 Å². The van der Waals surface area contributed by atoms with Crippen molar-refractivity contribution in [2.24, 2.45) is 0 Å². The lowest BCUT2D eigenvalue weighted by Gasteiger charge is -2.26. The number of rotatable bonds is 3. The Morgan fingerprint density at radius 2 is 2.11 bits per heavy atom. The molecular formula is C12H18N2O3S. The molecule has 100 valence electrons. The van der Waals surface area contributed by atoms with Gasteiger partial charge in [-0.15, -0.1) is 0 Å². The Kier molecular flexibility index (Phi) is 3.38.